The van der Waals surface area contributed by atoms with Gasteiger partial charge in [-0.2, -0.15) is 0 Å². The molecule has 1 heterocycles. The Balaban J connectivity index is 2.04. The minimum Gasteiger partial charge on any atom is -0.381 e. The van der Waals surface area contributed by atoms with Crippen LogP contribution >= 0.6 is 0 Å². The van der Waals surface area contributed by atoms with Gasteiger partial charge < -0.3 is 9.64 Å². The van der Waals surface area contributed by atoms with Crippen LogP contribution in [0.4, 0.5) is 0 Å². The van der Waals surface area contributed by atoms with Gasteiger partial charge >= 0.3 is 0 Å². The summed E-state index contributed by atoms with van der Waals surface area (Å²) in [4.78, 5) is 14.6. The SMILES string of the molecule is CC(C)N(Cc1ccccc1)C(=O)C1CCCOC1. The van der Waals surface area contributed by atoms with Crippen LogP contribution in [-0.2, 0) is 16.1 Å². The van der Waals surface area contributed by atoms with E-state index in [2.05, 4.69) is 26.0 Å². The zero-order chi connectivity index (χ0) is 13.7. The lowest BCUT2D eigenvalue weighted by Crippen LogP contribution is -2.42. The Bertz CT molecular complexity index is 396. The molecule has 3 nitrogen and oxygen atoms in total. The monoisotopic (exact) mass is 261 g/mol. The first kappa shape index (κ1) is 14.1. The van der Waals surface area contributed by atoms with Gasteiger partial charge in [0.05, 0.1) is 12.5 Å². The highest BCUT2D eigenvalue weighted by Crippen LogP contribution is 2.19. The normalized spacial score (nSPS) is 19.4. The molecule has 1 aliphatic rings. The Kier molecular flexibility index (Phi) is 4.97. The first-order valence-corrected chi connectivity index (χ1v) is 7.10. The number of benzene rings is 1. The van der Waals surface area contributed by atoms with Crippen molar-refractivity contribution in [2.24, 2.45) is 5.92 Å². The van der Waals surface area contributed by atoms with Crippen LogP contribution in [-0.4, -0.2) is 30.1 Å². The third-order valence-corrected chi connectivity index (χ3v) is 3.61. The largest absolute Gasteiger partial charge is 0.381 e. The number of hydrogen-bond donors (Lipinski definition) is 0. The van der Waals surface area contributed by atoms with Gasteiger partial charge in [0.15, 0.2) is 0 Å². The van der Waals surface area contributed by atoms with Gasteiger partial charge in [-0.05, 0) is 32.3 Å². The highest BCUT2D eigenvalue weighted by Gasteiger charge is 2.27. The molecule has 0 aromatic heterocycles. The van der Waals surface area contributed by atoms with Crippen LogP contribution in [0.2, 0.25) is 0 Å². The van der Waals surface area contributed by atoms with Crippen LogP contribution in [0.5, 0.6) is 0 Å². The second-order valence-electron chi connectivity index (χ2n) is 5.46. The van der Waals surface area contributed by atoms with E-state index in [1.54, 1.807) is 0 Å². The number of rotatable bonds is 4. The topological polar surface area (TPSA) is 29.5 Å². The number of carbonyl (C=O) groups excluding carboxylic acids is 1. The number of carbonyl (C=O) groups is 1. The van der Waals surface area contributed by atoms with Crippen molar-refractivity contribution in [2.75, 3.05) is 13.2 Å². The maximum atomic E-state index is 12.6. The van der Waals surface area contributed by atoms with E-state index in [0.717, 1.165) is 19.4 Å². The molecular weight excluding hydrogens is 238 g/mol. The lowest BCUT2D eigenvalue weighted by atomic mass is 9.99. The standard InChI is InChI=1S/C16H23NO2/c1-13(2)17(11-14-7-4-3-5-8-14)16(18)15-9-6-10-19-12-15/h3-5,7-8,13,15H,6,9-12H2,1-2H3. The molecule has 2 rings (SSSR count). The van der Waals surface area contributed by atoms with Gasteiger partial charge in [-0.25, -0.2) is 0 Å². The second-order valence-corrected chi connectivity index (χ2v) is 5.46. The molecule has 0 N–H and O–H groups in total. The van der Waals surface area contributed by atoms with Gasteiger partial charge in [0, 0.05) is 19.2 Å². The molecule has 0 spiro atoms. The third kappa shape index (κ3) is 3.80. The Morgan fingerprint density at radius 3 is 2.68 bits per heavy atom. The molecule has 1 aliphatic heterocycles. The molecule has 1 unspecified atom stereocenters. The summed E-state index contributed by atoms with van der Waals surface area (Å²) < 4.78 is 5.44. The summed E-state index contributed by atoms with van der Waals surface area (Å²) >= 11 is 0. The molecule has 1 aromatic rings. The van der Waals surface area contributed by atoms with Crippen molar-refractivity contribution < 1.29 is 9.53 Å². The average molecular weight is 261 g/mol. The second kappa shape index (κ2) is 6.71. The molecule has 1 aromatic carbocycles. The van der Waals surface area contributed by atoms with E-state index in [-0.39, 0.29) is 17.9 Å². The Labute approximate surface area is 115 Å². The fourth-order valence-corrected chi connectivity index (χ4v) is 2.47. The first-order valence-electron chi connectivity index (χ1n) is 7.10. The molecule has 0 aliphatic carbocycles. The zero-order valence-electron chi connectivity index (χ0n) is 11.8. The van der Waals surface area contributed by atoms with Crippen molar-refractivity contribution in [3.63, 3.8) is 0 Å². The van der Waals surface area contributed by atoms with E-state index < -0.39 is 0 Å². The molecule has 104 valence electrons. The Morgan fingerprint density at radius 1 is 1.37 bits per heavy atom. The van der Waals surface area contributed by atoms with Crippen LogP contribution in [0.3, 0.4) is 0 Å². The first-order chi connectivity index (χ1) is 9.18. The summed E-state index contributed by atoms with van der Waals surface area (Å²) in [5.74, 6) is 0.276. The van der Waals surface area contributed by atoms with Crippen LogP contribution < -0.4 is 0 Å². The summed E-state index contributed by atoms with van der Waals surface area (Å²) in [5, 5.41) is 0. The summed E-state index contributed by atoms with van der Waals surface area (Å²) in [6, 6.07) is 10.4. The summed E-state index contributed by atoms with van der Waals surface area (Å²) in [7, 11) is 0. The predicted molar refractivity (Wildman–Crippen MR) is 75.7 cm³/mol. The van der Waals surface area contributed by atoms with Crippen molar-refractivity contribution in [1.29, 1.82) is 0 Å². The fraction of sp³-hybridized carbons (Fsp3) is 0.562. The van der Waals surface area contributed by atoms with Crippen molar-refractivity contribution >= 4 is 5.91 Å². The van der Waals surface area contributed by atoms with Gasteiger partial charge in [0.2, 0.25) is 5.91 Å². The summed E-state index contributed by atoms with van der Waals surface area (Å²) in [6.45, 7) is 6.21. The van der Waals surface area contributed by atoms with Crippen LogP contribution in [0.25, 0.3) is 0 Å². The minimum absolute atomic E-state index is 0.0415. The van der Waals surface area contributed by atoms with Crippen molar-refractivity contribution in [3.8, 4) is 0 Å². The van der Waals surface area contributed by atoms with Gasteiger partial charge in [-0.3, -0.25) is 4.79 Å². The maximum Gasteiger partial charge on any atom is 0.228 e. The molecule has 1 atom stereocenters. The molecule has 0 radical (unpaired) electrons. The lowest BCUT2D eigenvalue weighted by molar-refractivity contribution is -0.142. The quantitative estimate of drug-likeness (QED) is 0.834. The molecule has 1 amide bonds. The molecule has 0 bridgehead atoms. The van der Waals surface area contributed by atoms with E-state index >= 15 is 0 Å². The van der Waals surface area contributed by atoms with E-state index in [1.807, 2.05) is 23.1 Å². The van der Waals surface area contributed by atoms with E-state index in [1.165, 1.54) is 5.56 Å². The number of ether oxygens (including phenoxy) is 1. The average Bonchev–Trinajstić information content (AvgIpc) is 2.46. The fourth-order valence-electron chi connectivity index (χ4n) is 2.47. The summed E-state index contributed by atoms with van der Waals surface area (Å²) in [6.07, 6.45) is 1.95. The molecule has 3 heteroatoms. The predicted octanol–water partition coefficient (Wildman–Crippen LogP) is 2.85. The number of amides is 1. The smallest absolute Gasteiger partial charge is 0.228 e. The molecule has 0 saturated carbocycles. The third-order valence-electron chi connectivity index (χ3n) is 3.61. The van der Waals surface area contributed by atoms with Crippen molar-refractivity contribution in [2.45, 2.75) is 39.3 Å². The van der Waals surface area contributed by atoms with E-state index in [4.69, 9.17) is 4.74 Å². The van der Waals surface area contributed by atoms with Gasteiger partial charge in [0.1, 0.15) is 0 Å². The molecule has 1 fully saturated rings. The van der Waals surface area contributed by atoms with Crippen molar-refractivity contribution in [3.05, 3.63) is 35.9 Å². The van der Waals surface area contributed by atoms with Crippen LogP contribution in [0, 0.1) is 5.92 Å². The maximum absolute atomic E-state index is 12.6. The Hall–Kier alpha value is -1.35. The highest BCUT2D eigenvalue weighted by molar-refractivity contribution is 5.79. The van der Waals surface area contributed by atoms with E-state index in [0.29, 0.717) is 13.2 Å². The molecular formula is C16H23NO2. The molecule has 19 heavy (non-hydrogen) atoms. The zero-order valence-corrected chi connectivity index (χ0v) is 11.8. The molecule has 1 saturated heterocycles. The van der Waals surface area contributed by atoms with E-state index in [9.17, 15) is 4.79 Å². The lowest BCUT2D eigenvalue weighted by Gasteiger charge is -2.32. The number of nitrogens with zero attached hydrogens (tertiary/aromatic N) is 1. The number of hydrogen-bond acceptors (Lipinski definition) is 2. The van der Waals surface area contributed by atoms with Crippen LogP contribution in [0.15, 0.2) is 30.3 Å². The summed E-state index contributed by atoms with van der Waals surface area (Å²) in [5.41, 5.74) is 1.18. The highest BCUT2D eigenvalue weighted by atomic mass is 16.5. The van der Waals surface area contributed by atoms with Gasteiger partial charge in [-0.1, -0.05) is 30.3 Å². The minimum atomic E-state index is 0.0415. The van der Waals surface area contributed by atoms with Gasteiger partial charge in [0.25, 0.3) is 0 Å². The van der Waals surface area contributed by atoms with Crippen molar-refractivity contribution in [1.82, 2.24) is 4.90 Å². The van der Waals surface area contributed by atoms with Gasteiger partial charge in [-0.15, -0.1) is 0 Å². The van der Waals surface area contributed by atoms with Crippen LogP contribution in [0.1, 0.15) is 32.3 Å². The Morgan fingerprint density at radius 2 is 2.11 bits per heavy atom.